The topological polar surface area (TPSA) is 43.3 Å². The standard InChI is InChI=1S/C14H21N3/c1-2-3-4-5-6-9-12-14(15)17-11-8-7-10-13(17)16-12/h7-8,10-11H,2-6,9,15H2,1H3. The van der Waals surface area contributed by atoms with Crippen LogP contribution in [0.4, 0.5) is 5.82 Å². The number of fused-ring (bicyclic) bond motifs is 1. The van der Waals surface area contributed by atoms with Crippen molar-refractivity contribution in [1.29, 1.82) is 0 Å². The summed E-state index contributed by atoms with van der Waals surface area (Å²) in [6.45, 7) is 2.24. The average molecular weight is 231 g/mol. The Morgan fingerprint density at radius 2 is 2.00 bits per heavy atom. The monoisotopic (exact) mass is 231 g/mol. The van der Waals surface area contributed by atoms with Crippen molar-refractivity contribution in [2.45, 2.75) is 45.4 Å². The molecule has 0 aromatic carbocycles. The van der Waals surface area contributed by atoms with E-state index in [0.717, 1.165) is 23.6 Å². The Morgan fingerprint density at radius 3 is 2.76 bits per heavy atom. The lowest BCUT2D eigenvalue weighted by molar-refractivity contribution is 0.629. The zero-order valence-corrected chi connectivity index (χ0v) is 10.5. The van der Waals surface area contributed by atoms with Gasteiger partial charge in [0.15, 0.2) is 0 Å². The Morgan fingerprint density at radius 1 is 1.18 bits per heavy atom. The molecule has 2 heterocycles. The number of anilines is 1. The number of hydrogen-bond donors (Lipinski definition) is 1. The van der Waals surface area contributed by atoms with Gasteiger partial charge < -0.3 is 5.73 Å². The van der Waals surface area contributed by atoms with Crippen LogP contribution in [0.2, 0.25) is 0 Å². The van der Waals surface area contributed by atoms with Crippen LogP contribution in [0.3, 0.4) is 0 Å². The summed E-state index contributed by atoms with van der Waals surface area (Å²) in [7, 11) is 0. The minimum atomic E-state index is 0.802. The van der Waals surface area contributed by atoms with E-state index in [9.17, 15) is 0 Å². The summed E-state index contributed by atoms with van der Waals surface area (Å²) in [6, 6.07) is 5.97. The first kappa shape index (κ1) is 12.0. The largest absolute Gasteiger partial charge is 0.383 e. The Kier molecular flexibility index (Phi) is 4.02. The minimum absolute atomic E-state index is 0.802. The number of nitrogens with zero attached hydrogens (tertiary/aromatic N) is 2. The second-order valence-electron chi connectivity index (χ2n) is 4.54. The summed E-state index contributed by atoms with van der Waals surface area (Å²) in [5.74, 6) is 0.802. The fourth-order valence-electron chi connectivity index (χ4n) is 2.14. The third-order valence-electron chi connectivity index (χ3n) is 3.16. The quantitative estimate of drug-likeness (QED) is 0.774. The van der Waals surface area contributed by atoms with Crippen LogP contribution < -0.4 is 5.73 Å². The van der Waals surface area contributed by atoms with Crippen LogP contribution in [0.15, 0.2) is 24.4 Å². The lowest BCUT2D eigenvalue weighted by Crippen LogP contribution is -1.96. The predicted molar refractivity (Wildman–Crippen MR) is 72.1 cm³/mol. The molecule has 2 rings (SSSR count). The second kappa shape index (κ2) is 5.71. The number of imidazole rings is 1. The fourth-order valence-corrected chi connectivity index (χ4v) is 2.14. The highest BCUT2D eigenvalue weighted by Gasteiger charge is 2.07. The lowest BCUT2D eigenvalue weighted by Gasteiger charge is -1.99. The van der Waals surface area contributed by atoms with Crippen LogP contribution >= 0.6 is 0 Å². The molecule has 0 saturated carbocycles. The van der Waals surface area contributed by atoms with Crippen LogP contribution in [-0.2, 0) is 6.42 Å². The molecule has 0 unspecified atom stereocenters. The van der Waals surface area contributed by atoms with E-state index in [0.29, 0.717) is 0 Å². The van der Waals surface area contributed by atoms with Gasteiger partial charge in [-0.2, -0.15) is 0 Å². The molecule has 0 radical (unpaired) electrons. The van der Waals surface area contributed by atoms with Crippen molar-refractivity contribution in [3.63, 3.8) is 0 Å². The molecule has 17 heavy (non-hydrogen) atoms. The van der Waals surface area contributed by atoms with Crippen LogP contribution in [0, 0.1) is 0 Å². The number of unbranched alkanes of at least 4 members (excludes halogenated alkanes) is 4. The van der Waals surface area contributed by atoms with Gasteiger partial charge in [-0.1, -0.05) is 38.7 Å². The maximum Gasteiger partial charge on any atom is 0.138 e. The number of nitrogen functional groups attached to an aromatic ring is 1. The van der Waals surface area contributed by atoms with Crippen LogP contribution in [0.1, 0.15) is 44.7 Å². The molecule has 2 N–H and O–H groups in total. The average Bonchev–Trinajstić information content (AvgIpc) is 2.67. The van der Waals surface area contributed by atoms with Crippen LogP contribution in [0.25, 0.3) is 5.65 Å². The molecule has 0 saturated heterocycles. The van der Waals surface area contributed by atoms with Gasteiger partial charge in [0.05, 0.1) is 5.69 Å². The Hall–Kier alpha value is -1.51. The molecule has 0 bridgehead atoms. The van der Waals surface area contributed by atoms with Gasteiger partial charge in [-0.25, -0.2) is 4.98 Å². The van der Waals surface area contributed by atoms with Gasteiger partial charge in [0, 0.05) is 6.20 Å². The Balaban J connectivity index is 1.97. The highest BCUT2D eigenvalue weighted by atomic mass is 15.1. The highest BCUT2D eigenvalue weighted by Crippen LogP contribution is 2.17. The first-order valence-corrected chi connectivity index (χ1v) is 6.54. The number of aryl methyl sites for hydroxylation is 1. The molecule has 3 nitrogen and oxygen atoms in total. The zero-order chi connectivity index (χ0) is 12.1. The van der Waals surface area contributed by atoms with Crippen molar-refractivity contribution in [3.8, 4) is 0 Å². The van der Waals surface area contributed by atoms with Crippen molar-refractivity contribution in [1.82, 2.24) is 9.38 Å². The number of hydrogen-bond acceptors (Lipinski definition) is 2. The van der Waals surface area contributed by atoms with E-state index in [1.165, 1.54) is 32.1 Å². The number of aromatic nitrogens is 2. The van der Waals surface area contributed by atoms with E-state index in [4.69, 9.17) is 5.73 Å². The first-order chi connectivity index (χ1) is 8.33. The number of nitrogens with two attached hydrogens (primary N) is 1. The van der Waals surface area contributed by atoms with Crippen LogP contribution in [-0.4, -0.2) is 9.38 Å². The van der Waals surface area contributed by atoms with E-state index >= 15 is 0 Å². The van der Waals surface area contributed by atoms with Crippen molar-refractivity contribution >= 4 is 11.5 Å². The SMILES string of the molecule is CCCCCCCc1nc2ccccn2c1N. The maximum atomic E-state index is 6.08. The number of rotatable bonds is 6. The maximum absolute atomic E-state index is 6.08. The van der Waals surface area contributed by atoms with E-state index < -0.39 is 0 Å². The third-order valence-corrected chi connectivity index (χ3v) is 3.16. The Labute approximate surface area is 103 Å². The summed E-state index contributed by atoms with van der Waals surface area (Å²) >= 11 is 0. The molecule has 0 amide bonds. The van der Waals surface area contributed by atoms with E-state index in [-0.39, 0.29) is 0 Å². The molecule has 2 aromatic heterocycles. The van der Waals surface area contributed by atoms with E-state index in [1.807, 2.05) is 28.8 Å². The van der Waals surface area contributed by atoms with Gasteiger partial charge >= 0.3 is 0 Å². The van der Waals surface area contributed by atoms with Crippen molar-refractivity contribution in [2.75, 3.05) is 5.73 Å². The van der Waals surface area contributed by atoms with Gasteiger partial charge in [0.2, 0.25) is 0 Å². The molecule has 2 aromatic rings. The Bertz CT molecular complexity index is 473. The van der Waals surface area contributed by atoms with Crippen molar-refractivity contribution in [3.05, 3.63) is 30.1 Å². The van der Waals surface area contributed by atoms with Crippen molar-refractivity contribution in [2.24, 2.45) is 0 Å². The van der Waals surface area contributed by atoms with Gasteiger partial charge in [0.25, 0.3) is 0 Å². The highest BCUT2D eigenvalue weighted by molar-refractivity contribution is 5.52. The molecular weight excluding hydrogens is 210 g/mol. The van der Waals surface area contributed by atoms with Gasteiger partial charge in [-0.3, -0.25) is 4.40 Å². The summed E-state index contributed by atoms with van der Waals surface area (Å²) in [4.78, 5) is 4.57. The molecule has 0 aliphatic heterocycles. The molecule has 0 fully saturated rings. The molecule has 3 heteroatoms. The summed E-state index contributed by atoms with van der Waals surface area (Å²) < 4.78 is 1.96. The molecular formula is C14H21N3. The summed E-state index contributed by atoms with van der Waals surface area (Å²) in [5, 5.41) is 0. The third kappa shape index (κ3) is 2.78. The molecule has 0 spiro atoms. The molecule has 0 atom stereocenters. The van der Waals surface area contributed by atoms with Gasteiger partial charge in [0.1, 0.15) is 11.5 Å². The second-order valence-corrected chi connectivity index (χ2v) is 4.54. The van der Waals surface area contributed by atoms with Crippen LogP contribution in [0.5, 0.6) is 0 Å². The normalized spacial score (nSPS) is 11.1. The molecule has 0 aliphatic rings. The lowest BCUT2D eigenvalue weighted by atomic mass is 10.1. The van der Waals surface area contributed by atoms with Gasteiger partial charge in [-0.05, 0) is 25.0 Å². The van der Waals surface area contributed by atoms with E-state index in [2.05, 4.69) is 11.9 Å². The van der Waals surface area contributed by atoms with E-state index in [1.54, 1.807) is 0 Å². The van der Waals surface area contributed by atoms with Crippen molar-refractivity contribution < 1.29 is 0 Å². The smallest absolute Gasteiger partial charge is 0.138 e. The molecule has 92 valence electrons. The fraction of sp³-hybridized carbons (Fsp3) is 0.500. The minimum Gasteiger partial charge on any atom is -0.383 e. The predicted octanol–water partition coefficient (Wildman–Crippen LogP) is 3.43. The summed E-state index contributed by atoms with van der Waals surface area (Å²) in [5.41, 5.74) is 8.08. The van der Waals surface area contributed by atoms with Gasteiger partial charge in [-0.15, -0.1) is 0 Å². The number of pyridine rings is 1. The summed E-state index contributed by atoms with van der Waals surface area (Å²) in [6.07, 6.45) is 9.38. The molecule has 0 aliphatic carbocycles. The first-order valence-electron chi connectivity index (χ1n) is 6.54. The zero-order valence-electron chi connectivity index (χ0n) is 10.5.